The number of unbranched alkanes of at least 4 members (excludes halogenated alkanes) is 2. The van der Waals surface area contributed by atoms with Gasteiger partial charge in [0.1, 0.15) is 11.2 Å². The zero-order valence-electron chi connectivity index (χ0n) is 12.2. The van der Waals surface area contributed by atoms with Crippen molar-refractivity contribution in [3.05, 3.63) is 45.8 Å². The molecule has 6 heteroatoms. The van der Waals surface area contributed by atoms with Crippen LogP contribution in [-0.2, 0) is 0 Å². The van der Waals surface area contributed by atoms with Crippen molar-refractivity contribution in [2.24, 2.45) is 4.99 Å². The summed E-state index contributed by atoms with van der Waals surface area (Å²) in [4.78, 5) is 17.0. The lowest BCUT2D eigenvalue weighted by Crippen LogP contribution is -2.28. The molecule has 21 heavy (non-hydrogen) atoms. The summed E-state index contributed by atoms with van der Waals surface area (Å²) in [5.41, 5.74) is 0.889. The summed E-state index contributed by atoms with van der Waals surface area (Å²) in [5, 5.41) is 3.77. The lowest BCUT2D eigenvalue weighted by Gasteiger charge is -2.05. The minimum absolute atomic E-state index is 0.248. The van der Waals surface area contributed by atoms with Gasteiger partial charge in [-0.2, -0.15) is 0 Å². The van der Waals surface area contributed by atoms with Gasteiger partial charge in [0, 0.05) is 18.8 Å². The molecule has 0 fully saturated rings. The average molecular weight is 352 g/mol. The predicted octanol–water partition coefficient (Wildman–Crippen LogP) is 3.33. The van der Waals surface area contributed by atoms with E-state index in [-0.39, 0.29) is 11.6 Å². The van der Waals surface area contributed by atoms with Crippen molar-refractivity contribution < 1.29 is 9.32 Å². The fraction of sp³-hybridized carbons (Fsp3) is 0.400. The molecule has 0 spiro atoms. The van der Waals surface area contributed by atoms with Crippen LogP contribution in [0.5, 0.6) is 0 Å². The lowest BCUT2D eigenvalue weighted by atomic mass is 10.2. The summed E-state index contributed by atoms with van der Waals surface area (Å²) in [5.74, 6) is 0.359. The highest BCUT2D eigenvalue weighted by atomic mass is 79.9. The van der Waals surface area contributed by atoms with E-state index in [2.05, 4.69) is 33.0 Å². The summed E-state index contributed by atoms with van der Waals surface area (Å²) in [6.07, 6.45) is 4.97. The third kappa shape index (κ3) is 3.91. The molecular formula is C15H18BrN3O2. The molecule has 0 atom stereocenters. The number of aryl methyl sites for hydroxylation is 1. The molecule has 0 radical (unpaired) electrons. The van der Waals surface area contributed by atoms with Gasteiger partial charge < -0.3 is 4.52 Å². The molecule has 0 unspecified atom stereocenters. The Morgan fingerprint density at radius 2 is 2.29 bits per heavy atom. The van der Waals surface area contributed by atoms with E-state index < -0.39 is 0 Å². The molecule has 0 saturated carbocycles. The number of pyridine rings is 1. The molecule has 0 N–H and O–H groups in total. The van der Waals surface area contributed by atoms with Gasteiger partial charge in [-0.3, -0.25) is 14.4 Å². The maximum Gasteiger partial charge on any atom is 0.285 e. The minimum atomic E-state index is -0.248. The molecule has 2 heterocycles. The van der Waals surface area contributed by atoms with Crippen molar-refractivity contribution >= 4 is 21.8 Å². The number of carbonyl (C=O) groups excluding carboxylic acids is 1. The summed E-state index contributed by atoms with van der Waals surface area (Å²) in [6.45, 7) is 4.60. The van der Waals surface area contributed by atoms with E-state index in [1.165, 1.54) is 4.57 Å². The van der Waals surface area contributed by atoms with Gasteiger partial charge in [0.15, 0.2) is 5.69 Å². The molecule has 2 aromatic heterocycles. The first-order chi connectivity index (χ1) is 10.1. The molecule has 0 aliphatic rings. The van der Waals surface area contributed by atoms with Gasteiger partial charge in [0.25, 0.3) is 5.91 Å². The molecule has 0 saturated heterocycles. The Balaban J connectivity index is 2.35. The molecule has 0 aliphatic carbocycles. The second kappa shape index (κ2) is 7.36. The molecule has 2 rings (SSSR count). The van der Waals surface area contributed by atoms with Crippen molar-refractivity contribution in [2.45, 2.75) is 33.1 Å². The smallest absolute Gasteiger partial charge is 0.285 e. The largest absolute Gasteiger partial charge is 0.361 e. The zero-order chi connectivity index (χ0) is 15.2. The van der Waals surface area contributed by atoms with E-state index in [0.717, 1.165) is 23.7 Å². The maximum absolute atomic E-state index is 12.5. The zero-order valence-corrected chi connectivity index (χ0v) is 13.8. The average Bonchev–Trinajstić information content (AvgIpc) is 2.90. The first-order valence-corrected chi connectivity index (χ1v) is 7.78. The van der Waals surface area contributed by atoms with Gasteiger partial charge >= 0.3 is 0 Å². The Labute approximate surface area is 131 Å². The molecule has 112 valence electrons. The molecule has 5 nitrogen and oxygen atoms in total. The van der Waals surface area contributed by atoms with Gasteiger partial charge in [-0.05, 0) is 41.4 Å². The van der Waals surface area contributed by atoms with Crippen LogP contribution in [0.15, 0.2) is 38.4 Å². The maximum atomic E-state index is 12.5. The van der Waals surface area contributed by atoms with Crippen molar-refractivity contribution in [1.82, 2.24) is 9.72 Å². The number of rotatable bonds is 5. The standard InChI is InChI=1S/C15H18BrN3O2/c1-3-4-5-8-17-14-12(16)7-6-9-19(14)15(20)13-10-11(2)21-18-13/h6-7,9-10H,3-5,8H2,1-2H3. The van der Waals surface area contributed by atoms with Crippen LogP contribution in [-0.4, -0.2) is 22.2 Å². The van der Waals surface area contributed by atoms with Gasteiger partial charge in [-0.1, -0.05) is 24.9 Å². The Bertz CT molecular complexity index is 688. The topological polar surface area (TPSA) is 60.4 Å². The van der Waals surface area contributed by atoms with Crippen LogP contribution in [0, 0.1) is 6.92 Å². The van der Waals surface area contributed by atoms with Gasteiger partial charge in [-0.25, -0.2) is 0 Å². The molecular weight excluding hydrogens is 334 g/mol. The quantitative estimate of drug-likeness (QED) is 0.776. The van der Waals surface area contributed by atoms with Crippen molar-refractivity contribution in [3.63, 3.8) is 0 Å². The Morgan fingerprint density at radius 1 is 1.48 bits per heavy atom. The van der Waals surface area contributed by atoms with Crippen molar-refractivity contribution in [1.29, 1.82) is 0 Å². The van der Waals surface area contributed by atoms with Crippen LogP contribution in [0.1, 0.15) is 42.4 Å². The van der Waals surface area contributed by atoms with E-state index in [1.807, 2.05) is 6.07 Å². The van der Waals surface area contributed by atoms with Crippen LogP contribution in [0.4, 0.5) is 0 Å². The molecule has 0 amide bonds. The molecule has 0 aromatic carbocycles. The van der Waals surface area contributed by atoms with Gasteiger partial charge in [0.05, 0.1) is 4.47 Å². The van der Waals surface area contributed by atoms with Crippen LogP contribution >= 0.6 is 15.9 Å². The van der Waals surface area contributed by atoms with Crippen LogP contribution in [0.3, 0.4) is 0 Å². The third-order valence-corrected chi connectivity index (χ3v) is 3.63. The highest BCUT2D eigenvalue weighted by Gasteiger charge is 2.14. The van der Waals surface area contributed by atoms with E-state index in [4.69, 9.17) is 4.52 Å². The summed E-state index contributed by atoms with van der Waals surface area (Å²) in [6, 6.07) is 5.29. The number of aromatic nitrogens is 2. The second-order valence-electron chi connectivity index (χ2n) is 4.77. The van der Waals surface area contributed by atoms with Crippen LogP contribution in [0.2, 0.25) is 0 Å². The van der Waals surface area contributed by atoms with Gasteiger partial charge in [0.2, 0.25) is 0 Å². The first-order valence-electron chi connectivity index (χ1n) is 6.99. The number of carbonyl (C=O) groups is 1. The first kappa shape index (κ1) is 15.7. The number of halogens is 1. The molecule has 0 aliphatic heterocycles. The van der Waals surface area contributed by atoms with Crippen molar-refractivity contribution in [3.8, 4) is 0 Å². The number of hydrogen-bond donors (Lipinski definition) is 0. The van der Waals surface area contributed by atoms with E-state index in [9.17, 15) is 4.79 Å². The fourth-order valence-electron chi connectivity index (χ4n) is 1.93. The Morgan fingerprint density at radius 3 is 2.95 bits per heavy atom. The summed E-state index contributed by atoms with van der Waals surface area (Å²) >= 11 is 3.45. The van der Waals surface area contributed by atoms with E-state index >= 15 is 0 Å². The number of nitrogens with zero attached hydrogens (tertiary/aromatic N) is 3. The summed E-state index contributed by atoms with van der Waals surface area (Å²) in [7, 11) is 0. The number of hydrogen-bond acceptors (Lipinski definition) is 4. The van der Waals surface area contributed by atoms with Crippen LogP contribution < -0.4 is 5.49 Å². The highest BCUT2D eigenvalue weighted by Crippen LogP contribution is 2.06. The second-order valence-corrected chi connectivity index (χ2v) is 5.62. The Hall–Kier alpha value is -1.69. The normalized spacial score (nSPS) is 11.9. The molecule has 2 aromatic rings. The van der Waals surface area contributed by atoms with E-state index in [1.54, 1.807) is 25.3 Å². The highest BCUT2D eigenvalue weighted by molar-refractivity contribution is 9.10. The Kier molecular flexibility index (Phi) is 5.50. The molecule has 0 bridgehead atoms. The monoisotopic (exact) mass is 351 g/mol. The van der Waals surface area contributed by atoms with Crippen LogP contribution in [0.25, 0.3) is 0 Å². The van der Waals surface area contributed by atoms with Gasteiger partial charge in [-0.15, -0.1) is 0 Å². The third-order valence-electron chi connectivity index (χ3n) is 3.01. The summed E-state index contributed by atoms with van der Waals surface area (Å²) < 4.78 is 7.24. The fourth-order valence-corrected chi connectivity index (χ4v) is 2.40. The predicted molar refractivity (Wildman–Crippen MR) is 83.1 cm³/mol. The lowest BCUT2D eigenvalue weighted by molar-refractivity contribution is 0.0945. The van der Waals surface area contributed by atoms with Crippen molar-refractivity contribution in [2.75, 3.05) is 6.54 Å². The SMILES string of the molecule is CCCCCN=c1c(Br)cccn1C(=O)c1cc(C)on1. The van der Waals surface area contributed by atoms with E-state index in [0.29, 0.717) is 17.8 Å². The minimum Gasteiger partial charge on any atom is -0.361 e.